The van der Waals surface area contributed by atoms with Crippen molar-refractivity contribution >= 4 is 21.9 Å². The van der Waals surface area contributed by atoms with Gasteiger partial charge >= 0.3 is 11.9 Å². The summed E-state index contributed by atoms with van der Waals surface area (Å²) in [6.07, 6.45) is -0.00271. The molecule has 0 unspecified atom stereocenters. The summed E-state index contributed by atoms with van der Waals surface area (Å²) in [6, 6.07) is 7.66. The molecule has 8 nitrogen and oxygen atoms in total. The first-order valence-corrected chi connectivity index (χ1v) is 9.34. The highest BCUT2D eigenvalue weighted by Crippen LogP contribution is 2.31. The third-order valence-electron chi connectivity index (χ3n) is 5.01. The number of fused-ring (bicyclic) bond motifs is 3. The zero-order chi connectivity index (χ0) is 22.6. The quantitative estimate of drug-likeness (QED) is 0.427. The number of rotatable bonds is 2. The number of nitrogens with one attached hydrogen (secondary N) is 1. The van der Waals surface area contributed by atoms with E-state index in [1.54, 1.807) is 36.3 Å². The number of pyridine rings is 2. The summed E-state index contributed by atoms with van der Waals surface area (Å²) in [6.45, 7) is 0. The van der Waals surface area contributed by atoms with Gasteiger partial charge in [-0.05, 0) is 30.3 Å². The van der Waals surface area contributed by atoms with E-state index in [-0.39, 0.29) is 22.1 Å². The monoisotopic (exact) mass is 438 g/mol. The van der Waals surface area contributed by atoms with Crippen LogP contribution in [0.3, 0.4) is 0 Å². The van der Waals surface area contributed by atoms with Crippen LogP contribution >= 0.6 is 0 Å². The van der Waals surface area contributed by atoms with E-state index in [2.05, 4.69) is 20.1 Å². The molecule has 0 saturated carbocycles. The van der Waals surface area contributed by atoms with Gasteiger partial charge in [-0.1, -0.05) is 6.07 Å². The number of hydrogen-bond donors (Lipinski definition) is 1. The van der Waals surface area contributed by atoms with Crippen molar-refractivity contribution < 1.29 is 13.2 Å². The van der Waals surface area contributed by atoms with Gasteiger partial charge in [-0.3, -0.25) is 24.0 Å². The molecular weight excluding hydrogens is 425 g/mol. The largest absolute Gasteiger partial charge is 0.416 e. The number of aromatic amines is 1. The van der Waals surface area contributed by atoms with Crippen LogP contribution in [0.15, 0.2) is 64.6 Å². The van der Waals surface area contributed by atoms with E-state index in [0.717, 1.165) is 16.7 Å². The van der Waals surface area contributed by atoms with E-state index in [1.807, 2.05) is 0 Å². The highest BCUT2D eigenvalue weighted by atomic mass is 19.4. The molecule has 160 valence electrons. The Morgan fingerprint density at radius 1 is 1.06 bits per heavy atom. The molecule has 0 aliphatic heterocycles. The van der Waals surface area contributed by atoms with E-state index in [0.29, 0.717) is 16.8 Å². The van der Waals surface area contributed by atoms with Crippen LogP contribution in [0, 0.1) is 0 Å². The molecule has 1 aromatic carbocycles. The lowest BCUT2D eigenvalue weighted by molar-refractivity contribution is -0.137. The maximum absolute atomic E-state index is 13.3. The first-order valence-electron chi connectivity index (χ1n) is 9.34. The first kappa shape index (κ1) is 19.7. The van der Waals surface area contributed by atoms with Crippen molar-refractivity contribution in [2.45, 2.75) is 6.18 Å². The second-order valence-corrected chi connectivity index (χ2v) is 7.13. The molecule has 0 radical (unpaired) electrons. The molecule has 0 fully saturated rings. The summed E-state index contributed by atoms with van der Waals surface area (Å²) in [4.78, 5) is 36.2. The minimum atomic E-state index is -4.60. The summed E-state index contributed by atoms with van der Waals surface area (Å²) >= 11 is 0. The number of nitrogens with zero attached hydrogens (tertiary/aromatic N) is 5. The standard InChI is InChI=1S/C21H13F3N6O2/c1-29-10-11(8-26-29)15-5-6-16-17(27-15)18-14(9-25-16)19(31)28-20(32)30(18)13-4-2-3-12(7-13)21(22,23)24/h2-10H,1H3,(H,28,31,32). The van der Waals surface area contributed by atoms with Crippen molar-refractivity contribution in [3.05, 3.63) is 81.4 Å². The van der Waals surface area contributed by atoms with Crippen LogP contribution in [0.4, 0.5) is 13.2 Å². The van der Waals surface area contributed by atoms with Gasteiger partial charge in [0, 0.05) is 25.0 Å². The molecule has 11 heteroatoms. The lowest BCUT2D eigenvalue weighted by atomic mass is 10.1. The first-order chi connectivity index (χ1) is 15.2. The number of aromatic nitrogens is 6. The Morgan fingerprint density at radius 3 is 2.59 bits per heavy atom. The van der Waals surface area contributed by atoms with Crippen LogP contribution < -0.4 is 11.2 Å². The van der Waals surface area contributed by atoms with Gasteiger partial charge in [0.1, 0.15) is 5.52 Å². The van der Waals surface area contributed by atoms with Crippen molar-refractivity contribution in [2.24, 2.45) is 7.05 Å². The Kier molecular flexibility index (Phi) is 4.22. The van der Waals surface area contributed by atoms with Crippen molar-refractivity contribution in [2.75, 3.05) is 0 Å². The predicted octanol–water partition coefficient (Wildman–Crippen LogP) is 3.04. The van der Waals surface area contributed by atoms with Crippen LogP contribution in [-0.2, 0) is 13.2 Å². The van der Waals surface area contributed by atoms with Crippen LogP contribution in [0.2, 0.25) is 0 Å². The maximum Gasteiger partial charge on any atom is 0.416 e. The molecule has 0 atom stereocenters. The molecule has 0 amide bonds. The summed E-state index contributed by atoms with van der Waals surface area (Å²) < 4.78 is 42.4. The van der Waals surface area contributed by atoms with Gasteiger partial charge in [0.05, 0.1) is 39.6 Å². The van der Waals surface area contributed by atoms with Crippen molar-refractivity contribution in [3.8, 4) is 16.9 Å². The second-order valence-electron chi connectivity index (χ2n) is 7.13. The number of benzene rings is 1. The molecule has 0 aliphatic rings. The number of H-pyrrole nitrogens is 1. The lowest BCUT2D eigenvalue weighted by Gasteiger charge is -2.13. The molecule has 4 heterocycles. The third kappa shape index (κ3) is 3.14. The molecular formula is C21H13F3N6O2. The topological polar surface area (TPSA) is 98.5 Å². The summed E-state index contributed by atoms with van der Waals surface area (Å²) in [7, 11) is 1.74. The summed E-state index contributed by atoms with van der Waals surface area (Å²) in [5.41, 5.74) is -0.767. The molecule has 0 bridgehead atoms. The highest BCUT2D eigenvalue weighted by Gasteiger charge is 2.31. The van der Waals surface area contributed by atoms with E-state index < -0.39 is 23.0 Å². The predicted molar refractivity (Wildman–Crippen MR) is 110 cm³/mol. The molecule has 0 aliphatic carbocycles. The molecule has 4 aromatic heterocycles. The molecule has 5 aromatic rings. The SMILES string of the molecule is Cn1cc(-c2ccc3ncc4c(=O)[nH]c(=O)n(-c5cccc(C(F)(F)F)c5)c4c3n2)cn1. The maximum atomic E-state index is 13.3. The lowest BCUT2D eigenvalue weighted by Crippen LogP contribution is -2.29. The Bertz CT molecular complexity index is 1630. The van der Waals surface area contributed by atoms with E-state index in [4.69, 9.17) is 0 Å². The van der Waals surface area contributed by atoms with Crippen LogP contribution in [0.1, 0.15) is 5.56 Å². The van der Waals surface area contributed by atoms with Gasteiger partial charge in [-0.2, -0.15) is 18.3 Å². The average Bonchev–Trinajstić information content (AvgIpc) is 3.19. The van der Waals surface area contributed by atoms with E-state index in [9.17, 15) is 22.8 Å². The normalized spacial score (nSPS) is 12.0. The number of hydrogen-bond acceptors (Lipinski definition) is 5. The van der Waals surface area contributed by atoms with Crippen molar-refractivity contribution in [3.63, 3.8) is 0 Å². The van der Waals surface area contributed by atoms with E-state index in [1.165, 1.54) is 18.3 Å². The average molecular weight is 438 g/mol. The van der Waals surface area contributed by atoms with Gasteiger partial charge in [-0.25, -0.2) is 9.78 Å². The second kappa shape index (κ2) is 6.87. The number of aryl methyl sites for hydroxylation is 1. The number of halogens is 3. The third-order valence-corrected chi connectivity index (χ3v) is 5.01. The smallest absolute Gasteiger partial charge is 0.275 e. The molecule has 1 N–H and O–H groups in total. The Labute approximate surface area is 176 Å². The van der Waals surface area contributed by atoms with Crippen LogP contribution in [0.25, 0.3) is 38.9 Å². The van der Waals surface area contributed by atoms with Crippen molar-refractivity contribution in [1.29, 1.82) is 0 Å². The van der Waals surface area contributed by atoms with Gasteiger partial charge in [0.25, 0.3) is 5.56 Å². The summed E-state index contributed by atoms with van der Waals surface area (Å²) in [5.74, 6) is 0. The van der Waals surface area contributed by atoms with Gasteiger partial charge in [0.15, 0.2) is 0 Å². The van der Waals surface area contributed by atoms with Gasteiger partial charge < -0.3 is 0 Å². The van der Waals surface area contributed by atoms with Crippen LogP contribution in [-0.4, -0.2) is 29.3 Å². The van der Waals surface area contributed by atoms with E-state index >= 15 is 0 Å². The molecule has 32 heavy (non-hydrogen) atoms. The molecule has 0 saturated heterocycles. The number of alkyl halides is 3. The van der Waals surface area contributed by atoms with Crippen molar-refractivity contribution in [1.82, 2.24) is 29.3 Å². The zero-order valence-corrected chi connectivity index (χ0v) is 16.4. The van der Waals surface area contributed by atoms with Gasteiger partial charge in [0.2, 0.25) is 0 Å². The van der Waals surface area contributed by atoms with Crippen LogP contribution in [0.5, 0.6) is 0 Å². The minimum absolute atomic E-state index is 0.0188. The fourth-order valence-electron chi connectivity index (χ4n) is 3.55. The Balaban J connectivity index is 1.90. The Morgan fingerprint density at radius 2 is 1.88 bits per heavy atom. The van der Waals surface area contributed by atoms with Gasteiger partial charge in [-0.15, -0.1) is 0 Å². The molecule has 0 spiro atoms. The highest BCUT2D eigenvalue weighted by molar-refractivity contribution is 6.01. The molecule has 5 rings (SSSR count). The zero-order valence-electron chi connectivity index (χ0n) is 16.4. The minimum Gasteiger partial charge on any atom is -0.275 e. The Hall–Kier alpha value is -4.28. The fourth-order valence-corrected chi connectivity index (χ4v) is 3.55. The summed E-state index contributed by atoms with van der Waals surface area (Å²) in [5, 5.41) is 4.12. The fraction of sp³-hybridized carbons (Fsp3) is 0.0952.